The number of rotatable bonds is 19. The van der Waals surface area contributed by atoms with Crippen LogP contribution in [0.2, 0.25) is 0 Å². The molecule has 0 bridgehead atoms. The summed E-state index contributed by atoms with van der Waals surface area (Å²) in [5.74, 6) is 1.17. The number of hydrogen-bond donors (Lipinski definition) is 0. The summed E-state index contributed by atoms with van der Waals surface area (Å²) >= 11 is 0. The summed E-state index contributed by atoms with van der Waals surface area (Å²) in [6.45, 7) is 11.5. The van der Waals surface area contributed by atoms with E-state index < -0.39 is 0 Å². The van der Waals surface area contributed by atoms with Gasteiger partial charge in [0.15, 0.2) is 0 Å². The predicted molar refractivity (Wildman–Crippen MR) is 121 cm³/mol. The van der Waals surface area contributed by atoms with Crippen LogP contribution in [0.25, 0.3) is 0 Å². The zero-order valence-electron chi connectivity index (χ0n) is 20.0. The molecular weight excluding hydrogens is 364 g/mol. The third-order valence-corrected chi connectivity index (χ3v) is 5.00. The van der Waals surface area contributed by atoms with Gasteiger partial charge in [0.05, 0.1) is 13.2 Å². The molecule has 0 spiro atoms. The summed E-state index contributed by atoms with van der Waals surface area (Å²) in [6.07, 6.45) is 14.5. The summed E-state index contributed by atoms with van der Waals surface area (Å²) in [5.41, 5.74) is 0. The van der Waals surface area contributed by atoms with Crippen molar-refractivity contribution in [2.75, 3.05) is 13.2 Å². The van der Waals surface area contributed by atoms with E-state index in [-0.39, 0.29) is 11.9 Å². The lowest BCUT2D eigenvalue weighted by atomic mass is 9.99. The molecule has 0 aliphatic heterocycles. The van der Waals surface area contributed by atoms with Crippen LogP contribution in [0.3, 0.4) is 0 Å². The second kappa shape index (κ2) is 18.9. The van der Waals surface area contributed by atoms with Crippen molar-refractivity contribution in [1.29, 1.82) is 0 Å². The summed E-state index contributed by atoms with van der Waals surface area (Å²) in [4.78, 5) is 23.2. The van der Waals surface area contributed by atoms with Crippen molar-refractivity contribution in [1.82, 2.24) is 0 Å². The van der Waals surface area contributed by atoms with Crippen molar-refractivity contribution in [3.63, 3.8) is 0 Å². The Kier molecular flexibility index (Phi) is 18.2. The number of ether oxygens (including phenoxy) is 2. The van der Waals surface area contributed by atoms with Gasteiger partial charge in [0, 0.05) is 12.8 Å². The fourth-order valence-electron chi connectivity index (χ4n) is 3.21. The van der Waals surface area contributed by atoms with Crippen molar-refractivity contribution in [3.8, 4) is 0 Å². The van der Waals surface area contributed by atoms with Gasteiger partial charge in [-0.3, -0.25) is 9.59 Å². The van der Waals surface area contributed by atoms with Crippen LogP contribution in [0, 0.1) is 17.8 Å². The first-order valence-electron chi connectivity index (χ1n) is 12.1. The molecule has 0 radical (unpaired) electrons. The molecule has 4 nitrogen and oxygen atoms in total. The largest absolute Gasteiger partial charge is 0.465 e. The van der Waals surface area contributed by atoms with Gasteiger partial charge in [-0.15, -0.1) is 0 Å². The minimum Gasteiger partial charge on any atom is -0.465 e. The molecule has 4 heteroatoms. The maximum atomic E-state index is 11.7. The lowest BCUT2D eigenvalue weighted by molar-refractivity contribution is -0.146. The van der Waals surface area contributed by atoms with E-state index >= 15 is 0 Å². The Balaban J connectivity index is 3.33. The molecule has 1 unspecified atom stereocenters. The second-order valence-corrected chi connectivity index (χ2v) is 9.54. The van der Waals surface area contributed by atoms with Crippen LogP contribution in [0.15, 0.2) is 0 Å². The summed E-state index contributed by atoms with van der Waals surface area (Å²) < 4.78 is 10.4. The summed E-state index contributed by atoms with van der Waals surface area (Å²) in [5, 5.41) is 0. The first-order valence-corrected chi connectivity index (χ1v) is 12.1. The highest BCUT2D eigenvalue weighted by molar-refractivity contribution is 5.69. The lowest BCUT2D eigenvalue weighted by Gasteiger charge is -2.12. The first-order chi connectivity index (χ1) is 13.8. The number of esters is 2. The van der Waals surface area contributed by atoms with E-state index in [1.54, 1.807) is 0 Å². The van der Waals surface area contributed by atoms with Crippen LogP contribution in [0.4, 0.5) is 0 Å². The van der Waals surface area contributed by atoms with Gasteiger partial charge in [-0.25, -0.2) is 0 Å². The Morgan fingerprint density at radius 3 is 1.48 bits per heavy atom. The zero-order valence-corrected chi connectivity index (χ0v) is 20.0. The molecule has 0 saturated heterocycles. The van der Waals surface area contributed by atoms with Crippen LogP contribution >= 0.6 is 0 Å². The van der Waals surface area contributed by atoms with E-state index in [0.29, 0.717) is 43.8 Å². The standard InChI is InChI=1S/C25H48O4/c1-21(2)19-28-24(26)17-15-13-11-9-7-6-8-10-12-14-16-23(5)18-25(27)29-20-22(3)4/h21-23H,6-20H2,1-5H3. The molecule has 0 N–H and O–H groups in total. The molecule has 0 saturated carbocycles. The van der Waals surface area contributed by atoms with Gasteiger partial charge < -0.3 is 9.47 Å². The van der Waals surface area contributed by atoms with Crippen molar-refractivity contribution < 1.29 is 19.1 Å². The fraction of sp³-hybridized carbons (Fsp3) is 0.920. The predicted octanol–water partition coefficient (Wildman–Crippen LogP) is 7.09. The molecule has 0 aromatic carbocycles. The molecule has 0 rings (SSSR count). The average Bonchev–Trinajstić information content (AvgIpc) is 2.65. The third-order valence-electron chi connectivity index (χ3n) is 5.00. The van der Waals surface area contributed by atoms with Crippen molar-refractivity contribution in [3.05, 3.63) is 0 Å². The van der Waals surface area contributed by atoms with Crippen LogP contribution in [0.1, 0.15) is 118 Å². The number of carbonyl (C=O) groups excluding carboxylic acids is 2. The van der Waals surface area contributed by atoms with E-state index in [1.165, 1.54) is 51.4 Å². The van der Waals surface area contributed by atoms with Crippen molar-refractivity contribution in [2.45, 2.75) is 118 Å². The number of carbonyl (C=O) groups is 2. The molecule has 0 aromatic heterocycles. The van der Waals surface area contributed by atoms with Gasteiger partial charge in [0.2, 0.25) is 0 Å². The molecular formula is C25H48O4. The second-order valence-electron chi connectivity index (χ2n) is 9.54. The average molecular weight is 413 g/mol. The van der Waals surface area contributed by atoms with Gasteiger partial charge in [-0.05, 0) is 24.2 Å². The van der Waals surface area contributed by atoms with E-state index in [4.69, 9.17) is 9.47 Å². The Morgan fingerprint density at radius 2 is 1.00 bits per heavy atom. The minimum atomic E-state index is -0.0429. The number of hydrogen-bond acceptors (Lipinski definition) is 4. The Hall–Kier alpha value is -1.06. The smallest absolute Gasteiger partial charge is 0.306 e. The maximum Gasteiger partial charge on any atom is 0.306 e. The normalized spacial score (nSPS) is 12.4. The van der Waals surface area contributed by atoms with E-state index in [0.717, 1.165) is 19.3 Å². The van der Waals surface area contributed by atoms with Crippen LogP contribution in [0.5, 0.6) is 0 Å². The summed E-state index contributed by atoms with van der Waals surface area (Å²) in [7, 11) is 0. The van der Waals surface area contributed by atoms with Crippen LogP contribution in [-0.2, 0) is 19.1 Å². The highest BCUT2D eigenvalue weighted by Gasteiger charge is 2.10. The van der Waals surface area contributed by atoms with Gasteiger partial charge in [0.1, 0.15) is 0 Å². The van der Waals surface area contributed by atoms with Crippen LogP contribution < -0.4 is 0 Å². The van der Waals surface area contributed by atoms with Crippen molar-refractivity contribution in [2.24, 2.45) is 17.8 Å². The minimum absolute atomic E-state index is 0.0412. The molecule has 0 aliphatic rings. The van der Waals surface area contributed by atoms with Gasteiger partial charge in [-0.1, -0.05) is 98.8 Å². The van der Waals surface area contributed by atoms with Gasteiger partial charge in [-0.2, -0.15) is 0 Å². The maximum absolute atomic E-state index is 11.7. The van der Waals surface area contributed by atoms with E-state index in [9.17, 15) is 9.59 Å². The summed E-state index contributed by atoms with van der Waals surface area (Å²) in [6, 6.07) is 0. The first kappa shape index (κ1) is 27.9. The molecule has 0 aromatic rings. The number of unbranched alkanes of at least 4 members (excludes halogenated alkanes) is 9. The third kappa shape index (κ3) is 21.5. The SMILES string of the molecule is CC(C)COC(=O)CCCCCCCCCCCCC(C)CC(=O)OCC(C)C. The molecule has 0 amide bonds. The fourth-order valence-corrected chi connectivity index (χ4v) is 3.21. The molecule has 172 valence electrons. The van der Waals surface area contributed by atoms with Gasteiger partial charge in [0.25, 0.3) is 0 Å². The lowest BCUT2D eigenvalue weighted by Crippen LogP contribution is -2.13. The van der Waals surface area contributed by atoms with Gasteiger partial charge >= 0.3 is 11.9 Å². The highest BCUT2D eigenvalue weighted by Crippen LogP contribution is 2.16. The zero-order chi connectivity index (χ0) is 21.9. The highest BCUT2D eigenvalue weighted by atomic mass is 16.5. The Labute approximate surface area is 180 Å². The topological polar surface area (TPSA) is 52.6 Å². The quantitative estimate of drug-likeness (QED) is 0.168. The molecule has 0 aliphatic carbocycles. The Morgan fingerprint density at radius 1 is 0.586 bits per heavy atom. The molecule has 1 atom stereocenters. The Bertz CT molecular complexity index is 404. The monoisotopic (exact) mass is 412 g/mol. The van der Waals surface area contributed by atoms with Crippen molar-refractivity contribution >= 4 is 11.9 Å². The van der Waals surface area contributed by atoms with E-state index in [1.807, 2.05) is 0 Å². The molecule has 0 heterocycles. The molecule has 29 heavy (non-hydrogen) atoms. The van der Waals surface area contributed by atoms with E-state index in [2.05, 4.69) is 34.6 Å². The molecule has 0 fully saturated rings. The van der Waals surface area contributed by atoms with Crippen LogP contribution in [-0.4, -0.2) is 25.2 Å².